The SMILES string of the molecule is CS(=O)(=O)c1ccc(NC(=O)[C@@H](C#N)c2ccc(C(F)(F)F)cn2)cc1. The molecule has 1 aromatic heterocycles. The van der Waals surface area contributed by atoms with Crippen LogP contribution in [0.4, 0.5) is 18.9 Å². The predicted octanol–water partition coefficient (Wildman–Crippen LogP) is 2.75. The van der Waals surface area contributed by atoms with Gasteiger partial charge in [0.15, 0.2) is 15.8 Å². The van der Waals surface area contributed by atoms with Crippen molar-refractivity contribution in [2.75, 3.05) is 11.6 Å². The molecule has 1 heterocycles. The first-order valence-electron chi connectivity index (χ1n) is 7.06. The number of carbonyl (C=O) groups excluding carboxylic acids is 1. The van der Waals surface area contributed by atoms with Crippen LogP contribution in [0, 0.1) is 11.3 Å². The van der Waals surface area contributed by atoms with Crippen LogP contribution in [0.1, 0.15) is 17.2 Å². The lowest BCUT2D eigenvalue weighted by Gasteiger charge is -2.11. The fourth-order valence-corrected chi connectivity index (χ4v) is 2.63. The quantitative estimate of drug-likeness (QED) is 0.875. The highest BCUT2D eigenvalue weighted by Gasteiger charge is 2.31. The van der Waals surface area contributed by atoms with Crippen molar-refractivity contribution >= 4 is 21.4 Å². The number of amides is 1. The number of nitrogens with one attached hydrogen (secondary N) is 1. The molecule has 0 radical (unpaired) electrons. The highest BCUT2D eigenvalue weighted by atomic mass is 32.2. The van der Waals surface area contributed by atoms with Gasteiger partial charge in [-0.3, -0.25) is 9.78 Å². The summed E-state index contributed by atoms with van der Waals surface area (Å²) in [6.07, 6.45) is -2.99. The number of anilines is 1. The molecule has 1 atom stereocenters. The molecule has 136 valence electrons. The van der Waals surface area contributed by atoms with Crippen LogP contribution in [0.5, 0.6) is 0 Å². The summed E-state index contributed by atoms with van der Waals surface area (Å²) in [4.78, 5) is 15.8. The number of aromatic nitrogens is 1. The molecule has 1 N–H and O–H groups in total. The number of nitrogens with zero attached hydrogens (tertiary/aromatic N) is 2. The van der Waals surface area contributed by atoms with Crippen LogP contribution in [-0.2, 0) is 20.8 Å². The van der Waals surface area contributed by atoms with Gasteiger partial charge in [-0.15, -0.1) is 0 Å². The number of carbonyl (C=O) groups is 1. The van der Waals surface area contributed by atoms with Crippen LogP contribution in [0.2, 0.25) is 0 Å². The molecule has 0 aliphatic heterocycles. The Morgan fingerprint density at radius 1 is 1.19 bits per heavy atom. The van der Waals surface area contributed by atoms with Gasteiger partial charge in [0.05, 0.1) is 22.2 Å². The van der Waals surface area contributed by atoms with Gasteiger partial charge in [0.1, 0.15) is 0 Å². The van der Waals surface area contributed by atoms with Crippen molar-refractivity contribution in [2.24, 2.45) is 0 Å². The average molecular weight is 383 g/mol. The Morgan fingerprint density at radius 3 is 2.23 bits per heavy atom. The van der Waals surface area contributed by atoms with Crippen molar-refractivity contribution in [1.82, 2.24) is 4.98 Å². The third kappa shape index (κ3) is 4.58. The average Bonchev–Trinajstić information content (AvgIpc) is 2.55. The van der Waals surface area contributed by atoms with Gasteiger partial charge in [-0.25, -0.2) is 8.42 Å². The number of nitriles is 1. The number of hydrogen-bond donors (Lipinski definition) is 1. The van der Waals surface area contributed by atoms with E-state index in [0.717, 1.165) is 18.4 Å². The predicted molar refractivity (Wildman–Crippen MR) is 85.8 cm³/mol. The molecule has 26 heavy (non-hydrogen) atoms. The van der Waals surface area contributed by atoms with Crippen molar-refractivity contribution < 1.29 is 26.4 Å². The molecule has 0 unspecified atom stereocenters. The van der Waals surface area contributed by atoms with Gasteiger partial charge >= 0.3 is 6.18 Å². The van der Waals surface area contributed by atoms with E-state index in [1.807, 2.05) is 0 Å². The van der Waals surface area contributed by atoms with Crippen LogP contribution >= 0.6 is 0 Å². The summed E-state index contributed by atoms with van der Waals surface area (Å²) < 4.78 is 60.4. The lowest BCUT2D eigenvalue weighted by Crippen LogP contribution is -2.21. The molecule has 0 saturated carbocycles. The Kier molecular flexibility index (Phi) is 5.32. The van der Waals surface area contributed by atoms with Crippen molar-refractivity contribution in [3.05, 3.63) is 53.9 Å². The highest BCUT2D eigenvalue weighted by molar-refractivity contribution is 7.90. The number of sulfone groups is 1. The molecule has 6 nitrogen and oxygen atoms in total. The minimum absolute atomic E-state index is 0.0525. The normalized spacial score (nSPS) is 12.9. The molecule has 1 amide bonds. The van der Waals surface area contributed by atoms with Crippen LogP contribution in [0.3, 0.4) is 0 Å². The molecule has 0 fully saturated rings. The van der Waals surface area contributed by atoms with E-state index in [0.29, 0.717) is 6.20 Å². The summed E-state index contributed by atoms with van der Waals surface area (Å²) >= 11 is 0. The van der Waals surface area contributed by atoms with Gasteiger partial charge in [0, 0.05) is 18.1 Å². The molecular weight excluding hydrogens is 371 g/mol. The zero-order chi connectivity index (χ0) is 19.5. The largest absolute Gasteiger partial charge is 0.417 e. The third-order valence-electron chi connectivity index (χ3n) is 3.35. The molecule has 0 aliphatic rings. The Morgan fingerprint density at radius 2 is 1.81 bits per heavy atom. The molecule has 10 heteroatoms. The maximum atomic E-state index is 12.5. The third-order valence-corrected chi connectivity index (χ3v) is 4.48. The summed E-state index contributed by atoms with van der Waals surface area (Å²) in [5, 5.41) is 11.6. The number of alkyl halides is 3. The topological polar surface area (TPSA) is 99.9 Å². The van der Waals surface area contributed by atoms with E-state index < -0.39 is 33.4 Å². The first kappa shape index (κ1) is 19.4. The van der Waals surface area contributed by atoms with E-state index >= 15 is 0 Å². The molecule has 0 aliphatic carbocycles. The first-order valence-corrected chi connectivity index (χ1v) is 8.95. The minimum atomic E-state index is -4.57. The summed E-state index contributed by atoms with van der Waals surface area (Å²) in [7, 11) is -3.40. The maximum absolute atomic E-state index is 12.5. The molecule has 2 rings (SSSR count). The summed E-state index contributed by atoms with van der Waals surface area (Å²) in [5.74, 6) is -2.22. The molecule has 0 saturated heterocycles. The maximum Gasteiger partial charge on any atom is 0.417 e. The molecule has 0 bridgehead atoms. The number of halogens is 3. The zero-order valence-electron chi connectivity index (χ0n) is 13.3. The van der Waals surface area contributed by atoms with Crippen LogP contribution in [-0.4, -0.2) is 25.6 Å². The second-order valence-electron chi connectivity index (χ2n) is 5.32. The zero-order valence-corrected chi connectivity index (χ0v) is 14.1. The van der Waals surface area contributed by atoms with Gasteiger partial charge in [-0.2, -0.15) is 18.4 Å². The van der Waals surface area contributed by atoms with Gasteiger partial charge in [-0.1, -0.05) is 0 Å². The standard InChI is InChI=1S/C16H12F3N3O3S/c1-26(24,25)12-5-3-11(4-6-12)22-15(23)13(8-20)14-7-2-10(9-21-14)16(17,18)19/h2-7,9,13H,1H3,(H,22,23)/t13-/m0/s1. The van der Waals surface area contributed by atoms with E-state index in [9.17, 15) is 26.4 Å². The second kappa shape index (κ2) is 7.13. The van der Waals surface area contributed by atoms with E-state index in [2.05, 4.69) is 10.3 Å². The molecular formula is C16H12F3N3O3S. The number of pyridine rings is 1. The van der Waals surface area contributed by atoms with Crippen molar-refractivity contribution in [3.63, 3.8) is 0 Å². The summed E-state index contributed by atoms with van der Waals surface area (Å²) in [6.45, 7) is 0. The first-order chi connectivity index (χ1) is 12.0. The van der Waals surface area contributed by atoms with Crippen molar-refractivity contribution in [2.45, 2.75) is 17.0 Å². The minimum Gasteiger partial charge on any atom is -0.325 e. The van der Waals surface area contributed by atoms with E-state index in [4.69, 9.17) is 5.26 Å². The smallest absolute Gasteiger partial charge is 0.325 e. The molecule has 0 spiro atoms. The summed E-state index contributed by atoms with van der Waals surface area (Å²) in [5.41, 5.74) is -0.893. The van der Waals surface area contributed by atoms with Crippen LogP contribution in [0.25, 0.3) is 0 Å². The van der Waals surface area contributed by atoms with E-state index in [-0.39, 0.29) is 16.3 Å². The monoisotopic (exact) mass is 383 g/mol. The molecule has 2 aromatic rings. The Balaban J connectivity index is 2.18. The van der Waals surface area contributed by atoms with Crippen molar-refractivity contribution in [3.8, 4) is 6.07 Å². The Bertz CT molecular complexity index is 947. The van der Waals surface area contributed by atoms with E-state index in [1.165, 1.54) is 24.3 Å². The lowest BCUT2D eigenvalue weighted by molar-refractivity contribution is -0.137. The van der Waals surface area contributed by atoms with E-state index in [1.54, 1.807) is 6.07 Å². The number of hydrogen-bond acceptors (Lipinski definition) is 5. The second-order valence-corrected chi connectivity index (χ2v) is 7.33. The van der Waals surface area contributed by atoms with Gasteiger partial charge < -0.3 is 5.32 Å². The van der Waals surface area contributed by atoms with Gasteiger partial charge in [0.2, 0.25) is 5.91 Å². The highest BCUT2D eigenvalue weighted by Crippen LogP contribution is 2.29. The Hall–Kier alpha value is -2.93. The van der Waals surface area contributed by atoms with Crippen molar-refractivity contribution in [1.29, 1.82) is 5.26 Å². The fourth-order valence-electron chi connectivity index (χ4n) is 2.00. The molecule has 1 aromatic carbocycles. The summed E-state index contributed by atoms with van der Waals surface area (Å²) in [6, 6.07) is 8.61. The van der Waals surface area contributed by atoms with Crippen LogP contribution in [0.15, 0.2) is 47.5 Å². The van der Waals surface area contributed by atoms with Gasteiger partial charge in [0.25, 0.3) is 0 Å². The fraction of sp³-hybridized carbons (Fsp3) is 0.188. The van der Waals surface area contributed by atoms with Crippen LogP contribution < -0.4 is 5.32 Å². The number of benzene rings is 1. The number of rotatable bonds is 4. The van der Waals surface area contributed by atoms with Gasteiger partial charge in [-0.05, 0) is 36.4 Å². The lowest BCUT2D eigenvalue weighted by atomic mass is 10.0. The Labute approximate surface area is 147 Å².